The highest BCUT2D eigenvalue weighted by Gasteiger charge is 2.25. The third-order valence-electron chi connectivity index (χ3n) is 3.38. The molecular formula is C14H17NO6. The number of carboxylic acid groups (broad SMARTS) is 1. The Labute approximate surface area is 121 Å². The molecule has 0 radical (unpaired) electrons. The lowest BCUT2D eigenvalue weighted by molar-refractivity contribution is -0.145. The summed E-state index contributed by atoms with van der Waals surface area (Å²) in [6.45, 7) is 0.532. The number of aromatic hydroxyl groups is 2. The number of amides is 1. The summed E-state index contributed by atoms with van der Waals surface area (Å²) in [7, 11) is 0. The Bertz CT molecular complexity index is 536. The van der Waals surface area contributed by atoms with Crippen LogP contribution in [0.4, 0.5) is 0 Å². The van der Waals surface area contributed by atoms with Gasteiger partial charge in [0.25, 0.3) is 5.91 Å². The molecule has 0 aromatic heterocycles. The summed E-state index contributed by atoms with van der Waals surface area (Å²) in [4.78, 5) is 24.3. The number of benzene rings is 1. The molecular weight excluding hydrogens is 278 g/mol. The van der Waals surface area contributed by atoms with Gasteiger partial charge in [0.15, 0.2) is 0 Å². The Kier molecular flexibility index (Phi) is 4.64. The maximum atomic E-state index is 12.3. The first-order valence-electron chi connectivity index (χ1n) is 6.62. The van der Waals surface area contributed by atoms with Crippen LogP contribution < -0.4 is 0 Å². The molecule has 21 heavy (non-hydrogen) atoms. The van der Waals surface area contributed by atoms with Gasteiger partial charge >= 0.3 is 5.97 Å². The number of phenolic OH excluding ortho intramolecular Hbond substituents is 2. The van der Waals surface area contributed by atoms with E-state index in [2.05, 4.69) is 0 Å². The zero-order valence-electron chi connectivity index (χ0n) is 11.4. The van der Waals surface area contributed by atoms with Crippen LogP contribution in [0, 0.1) is 0 Å². The number of carboxylic acids is 1. The molecule has 1 saturated heterocycles. The van der Waals surface area contributed by atoms with Crippen LogP contribution in [0.3, 0.4) is 0 Å². The summed E-state index contributed by atoms with van der Waals surface area (Å²) in [6.07, 6.45) is 0.939. The molecule has 0 saturated carbocycles. The molecule has 1 aromatic carbocycles. The van der Waals surface area contributed by atoms with E-state index in [9.17, 15) is 19.8 Å². The highest BCUT2D eigenvalue weighted by Crippen LogP contribution is 2.25. The number of piperidine rings is 1. The number of rotatable bonds is 4. The number of carbonyl (C=O) groups excluding carboxylic acids is 1. The van der Waals surface area contributed by atoms with E-state index in [1.54, 1.807) is 4.90 Å². The highest BCUT2D eigenvalue weighted by atomic mass is 16.5. The predicted octanol–water partition coefficient (Wildman–Crippen LogP) is 0.804. The fourth-order valence-electron chi connectivity index (χ4n) is 2.29. The maximum Gasteiger partial charge on any atom is 0.329 e. The zero-order chi connectivity index (χ0) is 15.4. The van der Waals surface area contributed by atoms with E-state index in [1.807, 2.05) is 0 Å². The number of hydrogen-bond donors (Lipinski definition) is 3. The van der Waals surface area contributed by atoms with Crippen molar-refractivity contribution in [2.24, 2.45) is 0 Å². The van der Waals surface area contributed by atoms with Crippen LogP contribution in [-0.4, -0.2) is 57.9 Å². The molecule has 1 amide bonds. The molecule has 0 spiro atoms. The zero-order valence-corrected chi connectivity index (χ0v) is 11.4. The Hall–Kier alpha value is -2.28. The van der Waals surface area contributed by atoms with Crippen molar-refractivity contribution in [1.29, 1.82) is 0 Å². The topological polar surface area (TPSA) is 107 Å². The number of phenols is 2. The van der Waals surface area contributed by atoms with Crippen molar-refractivity contribution >= 4 is 11.9 Å². The van der Waals surface area contributed by atoms with Gasteiger partial charge in [0.2, 0.25) is 0 Å². The van der Waals surface area contributed by atoms with E-state index in [4.69, 9.17) is 9.84 Å². The van der Waals surface area contributed by atoms with Gasteiger partial charge in [-0.15, -0.1) is 0 Å². The second-order valence-electron chi connectivity index (χ2n) is 4.90. The Morgan fingerprint density at radius 1 is 1.24 bits per heavy atom. The summed E-state index contributed by atoms with van der Waals surface area (Å²) in [5.74, 6) is -1.69. The molecule has 114 valence electrons. The molecule has 0 unspecified atom stereocenters. The molecule has 1 aromatic rings. The molecule has 2 rings (SSSR count). The van der Waals surface area contributed by atoms with Crippen LogP contribution in [0.15, 0.2) is 18.2 Å². The van der Waals surface area contributed by atoms with Crippen molar-refractivity contribution in [2.45, 2.75) is 18.9 Å². The van der Waals surface area contributed by atoms with Crippen LogP contribution in [-0.2, 0) is 9.53 Å². The largest absolute Gasteiger partial charge is 0.508 e. The molecule has 7 nitrogen and oxygen atoms in total. The van der Waals surface area contributed by atoms with E-state index in [0.29, 0.717) is 25.9 Å². The average Bonchev–Trinajstić information content (AvgIpc) is 2.45. The van der Waals surface area contributed by atoms with Gasteiger partial charge in [-0.1, -0.05) is 0 Å². The number of nitrogens with zero attached hydrogens (tertiary/aromatic N) is 1. The van der Waals surface area contributed by atoms with Crippen molar-refractivity contribution in [1.82, 2.24) is 4.90 Å². The quantitative estimate of drug-likeness (QED) is 0.758. The number of carbonyl (C=O) groups is 2. The van der Waals surface area contributed by atoms with Gasteiger partial charge in [0, 0.05) is 19.2 Å². The molecule has 1 heterocycles. The summed E-state index contributed by atoms with van der Waals surface area (Å²) < 4.78 is 5.20. The van der Waals surface area contributed by atoms with Crippen LogP contribution in [0.1, 0.15) is 23.2 Å². The van der Waals surface area contributed by atoms with Gasteiger partial charge < -0.3 is 25.0 Å². The minimum absolute atomic E-state index is 0.107. The Morgan fingerprint density at radius 3 is 2.48 bits per heavy atom. The first-order chi connectivity index (χ1) is 9.97. The van der Waals surface area contributed by atoms with E-state index in [-0.39, 0.29) is 35.7 Å². The van der Waals surface area contributed by atoms with E-state index < -0.39 is 5.97 Å². The average molecular weight is 295 g/mol. The molecule has 3 N–H and O–H groups in total. The van der Waals surface area contributed by atoms with E-state index >= 15 is 0 Å². The minimum atomic E-state index is -1.01. The first-order valence-corrected chi connectivity index (χ1v) is 6.62. The second kappa shape index (κ2) is 6.45. The lowest BCUT2D eigenvalue weighted by Crippen LogP contribution is -2.41. The monoisotopic (exact) mass is 295 g/mol. The van der Waals surface area contributed by atoms with Gasteiger partial charge in [-0.25, -0.2) is 4.79 Å². The van der Waals surface area contributed by atoms with Gasteiger partial charge in [-0.2, -0.15) is 0 Å². The van der Waals surface area contributed by atoms with Crippen molar-refractivity contribution in [3.63, 3.8) is 0 Å². The normalized spacial score (nSPS) is 15.9. The standard InChI is InChI=1S/C14H17NO6/c16-9-1-2-11(12(17)7-9)14(20)15-5-3-10(4-6-15)21-8-13(18)19/h1-2,7,10,16-17H,3-6,8H2,(H,18,19). The molecule has 7 heteroatoms. The van der Waals surface area contributed by atoms with Crippen LogP contribution in [0.5, 0.6) is 11.5 Å². The number of aliphatic carboxylic acids is 1. The van der Waals surface area contributed by atoms with Gasteiger partial charge in [0.05, 0.1) is 11.7 Å². The van der Waals surface area contributed by atoms with Crippen LogP contribution >= 0.6 is 0 Å². The van der Waals surface area contributed by atoms with Crippen molar-refractivity contribution < 1.29 is 29.6 Å². The Morgan fingerprint density at radius 2 is 1.90 bits per heavy atom. The number of ether oxygens (including phenoxy) is 1. The molecule has 0 atom stereocenters. The number of likely N-dealkylation sites (tertiary alicyclic amines) is 1. The molecule has 1 fully saturated rings. The fraction of sp³-hybridized carbons (Fsp3) is 0.429. The molecule has 1 aliphatic rings. The van der Waals surface area contributed by atoms with Crippen molar-refractivity contribution in [3.8, 4) is 11.5 Å². The predicted molar refractivity (Wildman–Crippen MR) is 72.3 cm³/mol. The van der Waals surface area contributed by atoms with Gasteiger partial charge in [-0.05, 0) is 25.0 Å². The third kappa shape index (κ3) is 3.85. The van der Waals surface area contributed by atoms with Gasteiger partial charge in [0.1, 0.15) is 18.1 Å². The SMILES string of the molecule is O=C(O)COC1CCN(C(=O)c2ccc(O)cc2O)CC1. The lowest BCUT2D eigenvalue weighted by atomic mass is 10.1. The fourth-order valence-corrected chi connectivity index (χ4v) is 2.29. The summed E-state index contributed by atoms with van der Waals surface area (Å²) in [5.41, 5.74) is 0.137. The maximum absolute atomic E-state index is 12.3. The van der Waals surface area contributed by atoms with Crippen LogP contribution in [0.25, 0.3) is 0 Å². The summed E-state index contributed by atoms with van der Waals surface area (Å²) in [6, 6.07) is 3.84. The molecule has 1 aliphatic heterocycles. The lowest BCUT2D eigenvalue weighted by Gasteiger charge is -2.31. The Balaban J connectivity index is 1.92. The minimum Gasteiger partial charge on any atom is -0.508 e. The second-order valence-corrected chi connectivity index (χ2v) is 4.90. The van der Waals surface area contributed by atoms with Crippen molar-refractivity contribution in [2.75, 3.05) is 19.7 Å². The van der Waals surface area contributed by atoms with Crippen LogP contribution in [0.2, 0.25) is 0 Å². The summed E-state index contributed by atoms with van der Waals surface area (Å²) in [5, 5.41) is 27.5. The number of hydrogen-bond acceptors (Lipinski definition) is 5. The smallest absolute Gasteiger partial charge is 0.329 e. The van der Waals surface area contributed by atoms with E-state index in [0.717, 1.165) is 6.07 Å². The molecule has 0 bridgehead atoms. The van der Waals surface area contributed by atoms with Crippen molar-refractivity contribution in [3.05, 3.63) is 23.8 Å². The summed E-state index contributed by atoms with van der Waals surface area (Å²) >= 11 is 0. The highest BCUT2D eigenvalue weighted by molar-refractivity contribution is 5.97. The van der Waals surface area contributed by atoms with Gasteiger partial charge in [-0.3, -0.25) is 4.79 Å². The molecule has 0 aliphatic carbocycles. The van der Waals surface area contributed by atoms with E-state index in [1.165, 1.54) is 12.1 Å². The first kappa shape index (κ1) is 15.1. The third-order valence-corrected chi connectivity index (χ3v) is 3.38.